The first-order valence-corrected chi connectivity index (χ1v) is 8.24. The molecule has 0 radical (unpaired) electrons. The molecule has 1 N–H and O–H groups in total. The zero-order valence-electron chi connectivity index (χ0n) is 13.3. The molecule has 0 bridgehead atoms. The summed E-state index contributed by atoms with van der Waals surface area (Å²) in [4.78, 5) is 11.4. The van der Waals surface area contributed by atoms with Gasteiger partial charge in [-0.15, -0.1) is 0 Å². The summed E-state index contributed by atoms with van der Waals surface area (Å²) in [6.45, 7) is 0. The van der Waals surface area contributed by atoms with Crippen molar-refractivity contribution in [1.29, 1.82) is 0 Å². The largest absolute Gasteiger partial charge is 0.478 e. The molecule has 0 aliphatic heterocycles. The Kier molecular flexibility index (Phi) is 3.66. The molecule has 1 atom stereocenters. The van der Waals surface area contributed by atoms with Crippen LogP contribution in [0.4, 0.5) is 0 Å². The highest BCUT2D eigenvalue weighted by molar-refractivity contribution is 5.93. The van der Waals surface area contributed by atoms with Gasteiger partial charge in [0.1, 0.15) is 0 Å². The molecule has 0 spiro atoms. The lowest BCUT2D eigenvalue weighted by Crippen LogP contribution is -2.13. The fourth-order valence-corrected chi connectivity index (χ4v) is 3.75. The number of carboxylic acids is 1. The summed E-state index contributed by atoms with van der Waals surface area (Å²) in [5, 5.41) is 11.8. The van der Waals surface area contributed by atoms with Crippen LogP contribution in [0.2, 0.25) is 0 Å². The second kappa shape index (κ2) is 5.97. The summed E-state index contributed by atoms with van der Waals surface area (Å²) in [5.41, 5.74) is 4.42. The van der Waals surface area contributed by atoms with Crippen molar-refractivity contribution in [2.75, 3.05) is 0 Å². The van der Waals surface area contributed by atoms with Gasteiger partial charge in [-0.3, -0.25) is 0 Å². The minimum absolute atomic E-state index is 0.126. The van der Waals surface area contributed by atoms with Crippen LogP contribution in [0.1, 0.15) is 29.0 Å². The zero-order chi connectivity index (χ0) is 16.5. The molecule has 118 valence electrons. The maximum absolute atomic E-state index is 11.4. The van der Waals surface area contributed by atoms with Gasteiger partial charge in [0.25, 0.3) is 0 Å². The molecular weight excluding hydrogens is 296 g/mol. The third-order valence-electron chi connectivity index (χ3n) is 4.86. The van der Waals surface area contributed by atoms with Gasteiger partial charge in [-0.2, -0.15) is 0 Å². The van der Waals surface area contributed by atoms with Crippen molar-refractivity contribution in [2.45, 2.75) is 18.8 Å². The van der Waals surface area contributed by atoms with Gasteiger partial charge in [-0.05, 0) is 45.9 Å². The van der Waals surface area contributed by atoms with E-state index in [1.54, 1.807) is 0 Å². The maximum Gasteiger partial charge on any atom is 0.328 e. The molecule has 1 aliphatic carbocycles. The number of allylic oxidation sites excluding steroid dienone is 1. The highest BCUT2D eigenvalue weighted by Crippen LogP contribution is 2.42. The molecule has 0 fully saturated rings. The number of aryl methyl sites for hydroxylation is 1. The number of carbonyl (C=O) groups is 1. The van der Waals surface area contributed by atoms with Crippen molar-refractivity contribution < 1.29 is 9.90 Å². The molecule has 4 rings (SSSR count). The average Bonchev–Trinajstić information content (AvgIpc) is 2.61. The number of hydrogen-bond donors (Lipinski definition) is 1. The summed E-state index contributed by atoms with van der Waals surface area (Å²) in [7, 11) is 0. The van der Waals surface area contributed by atoms with Gasteiger partial charge in [0.2, 0.25) is 0 Å². The van der Waals surface area contributed by atoms with E-state index < -0.39 is 5.97 Å². The summed E-state index contributed by atoms with van der Waals surface area (Å²) in [6.07, 6.45) is 3.30. The highest BCUT2D eigenvalue weighted by Gasteiger charge is 2.25. The molecule has 24 heavy (non-hydrogen) atoms. The normalized spacial score (nSPS) is 18.5. The van der Waals surface area contributed by atoms with Crippen LogP contribution in [0.5, 0.6) is 0 Å². The summed E-state index contributed by atoms with van der Waals surface area (Å²) < 4.78 is 0. The Morgan fingerprint density at radius 3 is 2.54 bits per heavy atom. The van der Waals surface area contributed by atoms with Gasteiger partial charge in [-0.25, -0.2) is 4.79 Å². The number of carboxylic acid groups (broad SMARTS) is 1. The number of rotatable bonds is 2. The molecule has 3 aromatic rings. The summed E-state index contributed by atoms with van der Waals surface area (Å²) >= 11 is 0. The quantitative estimate of drug-likeness (QED) is 0.673. The highest BCUT2D eigenvalue weighted by atomic mass is 16.4. The molecular formula is C22H18O2. The van der Waals surface area contributed by atoms with Crippen LogP contribution in [0.3, 0.4) is 0 Å². The van der Waals surface area contributed by atoms with Crippen LogP contribution < -0.4 is 0 Å². The molecule has 2 nitrogen and oxygen atoms in total. The molecule has 3 aromatic carbocycles. The lowest BCUT2D eigenvalue weighted by molar-refractivity contribution is -0.131. The molecule has 0 saturated heterocycles. The fourth-order valence-electron chi connectivity index (χ4n) is 3.75. The predicted molar refractivity (Wildman–Crippen MR) is 97.1 cm³/mol. The van der Waals surface area contributed by atoms with Crippen molar-refractivity contribution in [2.24, 2.45) is 0 Å². The Bertz CT molecular complexity index is 953. The topological polar surface area (TPSA) is 37.3 Å². The summed E-state index contributed by atoms with van der Waals surface area (Å²) in [5.74, 6) is -0.756. The molecule has 0 amide bonds. The Balaban J connectivity index is 1.85. The zero-order valence-corrected chi connectivity index (χ0v) is 13.3. The molecule has 0 aromatic heterocycles. The van der Waals surface area contributed by atoms with Crippen LogP contribution in [0.25, 0.3) is 16.3 Å². The first-order valence-electron chi connectivity index (χ1n) is 8.24. The average molecular weight is 314 g/mol. The van der Waals surface area contributed by atoms with Crippen molar-refractivity contribution >= 4 is 22.3 Å². The first-order chi connectivity index (χ1) is 11.7. The molecule has 0 heterocycles. The minimum atomic E-state index is -0.882. The van der Waals surface area contributed by atoms with Crippen LogP contribution in [-0.2, 0) is 11.2 Å². The number of benzene rings is 3. The number of hydrogen-bond acceptors (Lipinski definition) is 1. The fraction of sp³-hybridized carbons (Fsp3) is 0.136. The Morgan fingerprint density at radius 1 is 0.958 bits per heavy atom. The smallest absolute Gasteiger partial charge is 0.328 e. The number of fused-ring (bicyclic) bond motifs is 2. The standard InChI is InChI=1S/C22H18O2/c23-22(24)14-21-19-8-4-3-6-16(19)11-12-20(21)18-10-9-15-5-1-2-7-17(15)13-18/h1-10,13-14,20H,11-12H2,(H,23,24)/b21-14+. The lowest BCUT2D eigenvalue weighted by Gasteiger charge is -2.28. The van der Waals surface area contributed by atoms with Gasteiger partial charge < -0.3 is 5.11 Å². The SMILES string of the molecule is O=C(O)/C=C1\c2ccccc2CCC1c1ccc2ccccc2c1. The Morgan fingerprint density at radius 2 is 1.71 bits per heavy atom. The molecule has 0 saturated carbocycles. The second-order valence-corrected chi connectivity index (χ2v) is 6.29. The van der Waals surface area contributed by atoms with E-state index in [1.165, 1.54) is 28.0 Å². The Labute approximate surface area is 141 Å². The third-order valence-corrected chi connectivity index (χ3v) is 4.86. The van der Waals surface area contributed by atoms with Crippen molar-refractivity contribution in [3.8, 4) is 0 Å². The molecule has 1 unspecified atom stereocenters. The molecule has 2 heteroatoms. The van der Waals surface area contributed by atoms with Crippen molar-refractivity contribution in [3.05, 3.63) is 89.5 Å². The van der Waals surface area contributed by atoms with E-state index in [9.17, 15) is 9.90 Å². The van der Waals surface area contributed by atoms with Crippen LogP contribution >= 0.6 is 0 Å². The van der Waals surface area contributed by atoms with Crippen LogP contribution in [0.15, 0.2) is 72.8 Å². The van der Waals surface area contributed by atoms with Gasteiger partial charge in [0.05, 0.1) is 0 Å². The Hall–Kier alpha value is -2.87. The van der Waals surface area contributed by atoms with Gasteiger partial charge in [-0.1, -0.05) is 66.7 Å². The van der Waals surface area contributed by atoms with E-state index in [0.717, 1.165) is 24.0 Å². The van der Waals surface area contributed by atoms with E-state index >= 15 is 0 Å². The van der Waals surface area contributed by atoms with E-state index in [-0.39, 0.29) is 5.92 Å². The van der Waals surface area contributed by atoms with Crippen LogP contribution in [0, 0.1) is 0 Å². The van der Waals surface area contributed by atoms with Gasteiger partial charge in [0, 0.05) is 12.0 Å². The second-order valence-electron chi connectivity index (χ2n) is 6.29. The van der Waals surface area contributed by atoms with Gasteiger partial charge in [0.15, 0.2) is 0 Å². The van der Waals surface area contributed by atoms with E-state index in [4.69, 9.17) is 0 Å². The van der Waals surface area contributed by atoms with Gasteiger partial charge >= 0.3 is 5.97 Å². The van der Waals surface area contributed by atoms with Crippen molar-refractivity contribution in [3.63, 3.8) is 0 Å². The van der Waals surface area contributed by atoms with Crippen LogP contribution in [-0.4, -0.2) is 11.1 Å². The predicted octanol–water partition coefficient (Wildman–Crippen LogP) is 5.04. The number of aliphatic carboxylic acids is 1. The van der Waals surface area contributed by atoms with Crippen molar-refractivity contribution in [1.82, 2.24) is 0 Å². The van der Waals surface area contributed by atoms with E-state index in [1.807, 2.05) is 30.3 Å². The lowest BCUT2D eigenvalue weighted by atomic mass is 9.75. The van der Waals surface area contributed by atoms with E-state index in [0.29, 0.717) is 0 Å². The molecule has 1 aliphatic rings. The first kappa shape index (κ1) is 14.7. The van der Waals surface area contributed by atoms with E-state index in [2.05, 4.69) is 36.4 Å². The monoisotopic (exact) mass is 314 g/mol. The third kappa shape index (κ3) is 2.61. The summed E-state index contributed by atoms with van der Waals surface area (Å²) in [6, 6.07) is 22.9. The minimum Gasteiger partial charge on any atom is -0.478 e. The maximum atomic E-state index is 11.4.